The molecule has 3 aromatic rings. The van der Waals surface area contributed by atoms with Crippen molar-refractivity contribution in [3.63, 3.8) is 0 Å². The number of aliphatic carboxylic acids is 1. The fraction of sp³-hybridized carbons (Fsp3) is 0.393. The zero-order valence-corrected chi connectivity index (χ0v) is 23.0. The molecule has 0 saturated heterocycles. The molecule has 0 unspecified atom stereocenters. The molecule has 0 aliphatic heterocycles. The van der Waals surface area contributed by atoms with Gasteiger partial charge in [0.25, 0.3) is 0 Å². The number of H-pyrrole nitrogens is 1. The Hall–Kier alpha value is -3.73. The normalized spacial score (nSPS) is 15.1. The Morgan fingerprint density at radius 1 is 1.02 bits per heavy atom. The first-order valence-electron chi connectivity index (χ1n) is 12.5. The summed E-state index contributed by atoms with van der Waals surface area (Å²) in [5.74, 6) is -1.82. The van der Waals surface area contributed by atoms with Crippen LogP contribution in [0, 0.1) is 5.41 Å². The van der Waals surface area contributed by atoms with Crippen LogP contribution >= 0.6 is 11.6 Å². The van der Waals surface area contributed by atoms with Gasteiger partial charge in [-0.2, -0.15) is 18.2 Å². The van der Waals surface area contributed by atoms with Gasteiger partial charge in [-0.25, -0.2) is 9.78 Å². The molecule has 1 fully saturated rings. The summed E-state index contributed by atoms with van der Waals surface area (Å²) in [4.78, 5) is 45.2. The summed E-state index contributed by atoms with van der Waals surface area (Å²) in [6.45, 7) is 6.31. The molecule has 0 atom stereocenters. The second-order valence-corrected chi connectivity index (χ2v) is 11.1. The maximum atomic E-state index is 12.5. The Labute approximate surface area is 233 Å². The Morgan fingerprint density at radius 3 is 2.20 bits per heavy atom. The van der Waals surface area contributed by atoms with Crippen LogP contribution in [-0.2, 0) is 10.2 Å². The summed E-state index contributed by atoms with van der Waals surface area (Å²) in [6, 6.07) is 12.3. The number of aromatic amines is 1. The summed E-state index contributed by atoms with van der Waals surface area (Å²) in [7, 11) is 0. The largest absolute Gasteiger partial charge is 0.481 e. The molecule has 4 rings (SSSR count). The van der Waals surface area contributed by atoms with Crippen LogP contribution in [0.1, 0.15) is 68.8 Å². The van der Waals surface area contributed by atoms with Gasteiger partial charge in [-0.05, 0) is 48.1 Å². The van der Waals surface area contributed by atoms with Crippen molar-refractivity contribution in [3.05, 3.63) is 69.1 Å². The second-order valence-electron chi connectivity index (χ2n) is 10.7. The zero-order chi connectivity index (χ0) is 29.9. The number of carboxylic acid groups (broad SMARTS) is 1. The van der Waals surface area contributed by atoms with Gasteiger partial charge in [-0.15, -0.1) is 0 Å². The number of hydrogen-bond acceptors (Lipinski definition) is 5. The highest BCUT2D eigenvalue weighted by Gasteiger charge is 2.60. The van der Waals surface area contributed by atoms with E-state index < -0.39 is 29.2 Å². The minimum absolute atomic E-state index is 0.0564. The fourth-order valence-electron chi connectivity index (χ4n) is 4.40. The smallest absolute Gasteiger partial charge is 0.404 e. The third-order valence-electron chi connectivity index (χ3n) is 6.80. The van der Waals surface area contributed by atoms with E-state index in [-0.39, 0.29) is 35.5 Å². The maximum absolute atomic E-state index is 12.5. The molecule has 2 aromatic carbocycles. The number of halogens is 4. The van der Waals surface area contributed by atoms with E-state index in [2.05, 4.69) is 35.7 Å². The molecule has 214 valence electrons. The summed E-state index contributed by atoms with van der Waals surface area (Å²) < 4.78 is 37.4. The SMILES string of the molecule is CC(C)(C)c1cccc(-c2nc(-c3cc(C(N)=O)ccc3Cl)[nH]c(=O)n2)c1.O=C(O)C1(C(F)(F)F)CCCCC1. The van der Waals surface area contributed by atoms with E-state index in [1.54, 1.807) is 0 Å². The van der Waals surface area contributed by atoms with Crippen molar-refractivity contribution in [1.29, 1.82) is 0 Å². The molecule has 8 nitrogen and oxygen atoms in total. The Balaban J connectivity index is 0.000000285. The molecule has 0 bridgehead atoms. The molecule has 12 heteroatoms. The molecule has 1 saturated carbocycles. The first kappa shape index (κ1) is 30.8. The number of amides is 1. The summed E-state index contributed by atoms with van der Waals surface area (Å²) in [5.41, 5.74) is 4.74. The van der Waals surface area contributed by atoms with Gasteiger partial charge in [0.15, 0.2) is 11.2 Å². The summed E-state index contributed by atoms with van der Waals surface area (Å²) in [6.07, 6.45) is -3.75. The van der Waals surface area contributed by atoms with Crippen molar-refractivity contribution in [1.82, 2.24) is 15.0 Å². The van der Waals surface area contributed by atoms with E-state index in [0.29, 0.717) is 29.8 Å². The number of nitrogens with two attached hydrogens (primary N) is 1. The van der Waals surface area contributed by atoms with Gasteiger partial charge in [0.05, 0.1) is 5.02 Å². The van der Waals surface area contributed by atoms with E-state index in [1.165, 1.54) is 18.2 Å². The lowest BCUT2D eigenvalue weighted by molar-refractivity contribution is -0.239. The monoisotopic (exact) mass is 578 g/mol. The van der Waals surface area contributed by atoms with Gasteiger partial charge in [-0.1, -0.05) is 69.8 Å². The topological polar surface area (TPSA) is 139 Å². The van der Waals surface area contributed by atoms with E-state index in [4.69, 9.17) is 22.4 Å². The number of primary amides is 1. The average Bonchev–Trinajstić information content (AvgIpc) is 2.88. The number of benzene rings is 2. The number of carboxylic acids is 1. The molecular formula is C28H30ClF3N4O4. The Bertz CT molecular complexity index is 1460. The van der Waals surface area contributed by atoms with Gasteiger partial charge in [0, 0.05) is 16.7 Å². The van der Waals surface area contributed by atoms with Crippen LogP contribution in [0.4, 0.5) is 13.2 Å². The number of nitrogens with zero attached hydrogens (tertiary/aromatic N) is 2. The number of carbonyl (C=O) groups is 2. The molecule has 0 radical (unpaired) electrons. The maximum Gasteiger partial charge on any atom is 0.404 e. The third-order valence-corrected chi connectivity index (χ3v) is 7.13. The summed E-state index contributed by atoms with van der Waals surface area (Å²) in [5, 5.41) is 8.94. The molecule has 1 amide bonds. The van der Waals surface area contributed by atoms with Crippen LogP contribution in [0.15, 0.2) is 47.3 Å². The van der Waals surface area contributed by atoms with Crippen molar-refractivity contribution >= 4 is 23.5 Å². The highest BCUT2D eigenvalue weighted by Crippen LogP contribution is 2.49. The predicted molar refractivity (Wildman–Crippen MR) is 145 cm³/mol. The number of alkyl halides is 3. The van der Waals surface area contributed by atoms with Crippen molar-refractivity contribution < 1.29 is 27.9 Å². The number of rotatable bonds is 4. The van der Waals surface area contributed by atoms with Gasteiger partial charge >= 0.3 is 17.8 Å². The Morgan fingerprint density at radius 2 is 1.68 bits per heavy atom. The van der Waals surface area contributed by atoms with Crippen molar-refractivity contribution in [3.8, 4) is 22.8 Å². The molecule has 1 aliphatic carbocycles. The highest BCUT2D eigenvalue weighted by atomic mass is 35.5. The minimum Gasteiger partial charge on any atom is -0.481 e. The Kier molecular flexibility index (Phi) is 9.08. The van der Waals surface area contributed by atoms with Crippen LogP contribution in [0.3, 0.4) is 0 Å². The van der Waals surface area contributed by atoms with Gasteiger partial charge < -0.3 is 10.8 Å². The lowest BCUT2D eigenvalue weighted by Crippen LogP contribution is -2.46. The third kappa shape index (κ3) is 6.88. The van der Waals surface area contributed by atoms with E-state index >= 15 is 0 Å². The number of hydrogen-bond donors (Lipinski definition) is 3. The number of nitrogens with one attached hydrogen (secondary N) is 1. The van der Waals surface area contributed by atoms with Crippen LogP contribution in [0.5, 0.6) is 0 Å². The van der Waals surface area contributed by atoms with E-state index in [1.807, 2.05) is 24.3 Å². The average molecular weight is 579 g/mol. The van der Waals surface area contributed by atoms with Crippen LogP contribution in [0.25, 0.3) is 22.8 Å². The first-order chi connectivity index (χ1) is 18.5. The molecule has 40 heavy (non-hydrogen) atoms. The summed E-state index contributed by atoms with van der Waals surface area (Å²) >= 11 is 6.24. The van der Waals surface area contributed by atoms with Crippen LogP contribution in [-0.4, -0.2) is 38.1 Å². The fourth-order valence-corrected chi connectivity index (χ4v) is 4.61. The van der Waals surface area contributed by atoms with E-state index in [9.17, 15) is 27.6 Å². The van der Waals surface area contributed by atoms with Gasteiger partial charge in [-0.3, -0.25) is 14.6 Å². The van der Waals surface area contributed by atoms with E-state index in [0.717, 1.165) is 11.1 Å². The molecule has 0 spiro atoms. The predicted octanol–water partition coefficient (Wildman–Crippen LogP) is 6.13. The zero-order valence-electron chi connectivity index (χ0n) is 22.2. The van der Waals surface area contributed by atoms with Crippen LogP contribution < -0.4 is 11.4 Å². The molecule has 1 aromatic heterocycles. The number of carbonyl (C=O) groups excluding carboxylic acids is 1. The van der Waals surface area contributed by atoms with Gasteiger partial charge in [0.1, 0.15) is 5.82 Å². The number of aromatic nitrogens is 3. The van der Waals surface area contributed by atoms with Gasteiger partial charge in [0.2, 0.25) is 5.91 Å². The molecule has 4 N–H and O–H groups in total. The second kappa shape index (κ2) is 11.8. The first-order valence-corrected chi connectivity index (χ1v) is 12.9. The lowest BCUT2D eigenvalue weighted by atomic mass is 9.73. The van der Waals surface area contributed by atoms with Crippen LogP contribution in [0.2, 0.25) is 5.02 Å². The molecule has 1 heterocycles. The standard InChI is InChI=1S/C20H19ClN4O2.C8H11F3O2/c1-20(2,3)13-6-4-5-12(9-13)17-23-18(25-19(27)24-17)14-10-11(16(22)26)7-8-15(14)21;9-8(10,11)7(6(12)13)4-2-1-3-5-7/h4-10H,1-3H3,(H2,22,26)(H,23,24,25,27);1-5H2,(H,12,13). The van der Waals surface area contributed by atoms with Crippen molar-refractivity contribution in [2.75, 3.05) is 0 Å². The quantitative estimate of drug-likeness (QED) is 0.340. The minimum atomic E-state index is -4.61. The van der Waals surface area contributed by atoms with Crippen molar-refractivity contribution in [2.24, 2.45) is 11.1 Å². The lowest BCUT2D eigenvalue weighted by Gasteiger charge is -2.34. The molecular weight excluding hydrogens is 549 g/mol. The molecule has 1 aliphatic rings. The highest BCUT2D eigenvalue weighted by molar-refractivity contribution is 6.33. The van der Waals surface area contributed by atoms with Crippen molar-refractivity contribution in [2.45, 2.75) is 64.5 Å².